The van der Waals surface area contributed by atoms with Gasteiger partial charge >= 0.3 is 0 Å². The summed E-state index contributed by atoms with van der Waals surface area (Å²) < 4.78 is 37.0. The van der Waals surface area contributed by atoms with E-state index in [1.807, 2.05) is 6.07 Å². The molecule has 0 saturated heterocycles. The Morgan fingerprint density at radius 1 is 1.21 bits per heavy atom. The SMILES string of the molecule is COc1ccc(C(=O)CC2c3c(cc4c(c3OC)OCO4)CC[N+]2(C)C)c(F)c1. The number of hydrogen-bond acceptors (Lipinski definition) is 5. The number of methoxy groups -OCH3 is 2. The maximum absolute atomic E-state index is 14.5. The lowest BCUT2D eigenvalue weighted by Gasteiger charge is -2.43. The number of halogens is 1. The van der Waals surface area contributed by atoms with Crippen LogP contribution in [0.3, 0.4) is 0 Å². The summed E-state index contributed by atoms with van der Waals surface area (Å²) in [6, 6.07) is 6.10. The van der Waals surface area contributed by atoms with E-state index in [1.54, 1.807) is 13.2 Å². The molecule has 2 aliphatic heterocycles. The highest BCUT2D eigenvalue weighted by Gasteiger charge is 2.42. The van der Waals surface area contributed by atoms with Crippen molar-refractivity contribution in [2.45, 2.75) is 18.9 Å². The van der Waals surface area contributed by atoms with Gasteiger partial charge in [-0.1, -0.05) is 0 Å². The van der Waals surface area contributed by atoms with Crippen molar-refractivity contribution in [2.75, 3.05) is 41.7 Å². The summed E-state index contributed by atoms with van der Waals surface area (Å²) in [7, 11) is 7.21. The molecule has 4 rings (SSSR count). The summed E-state index contributed by atoms with van der Waals surface area (Å²) in [5, 5.41) is 0. The molecule has 0 radical (unpaired) electrons. The molecule has 29 heavy (non-hydrogen) atoms. The van der Waals surface area contributed by atoms with Gasteiger partial charge in [0.1, 0.15) is 17.6 Å². The third-order valence-electron chi connectivity index (χ3n) is 5.94. The van der Waals surface area contributed by atoms with Crippen LogP contribution in [0.15, 0.2) is 24.3 Å². The van der Waals surface area contributed by atoms with E-state index in [0.29, 0.717) is 27.5 Å². The van der Waals surface area contributed by atoms with Crippen molar-refractivity contribution in [3.63, 3.8) is 0 Å². The van der Waals surface area contributed by atoms with Gasteiger partial charge in [0.15, 0.2) is 17.3 Å². The number of ether oxygens (including phenoxy) is 4. The Balaban J connectivity index is 1.75. The molecule has 0 saturated carbocycles. The normalized spacial score (nSPS) is 18.9. The number of likely N-dealkylation sites (N-methyl/N-ethyl adjacent to an activating group) is 1. The maximum atomic E-state index is 14.5. The third-order valence-corrected chi connectivity index (χ3v) is 5.94. The van der Waals surface area contributed by atoms with Crippen molar-refractivity contribution in [1.29, 1.82) is 0 Å². The van der Waals surface area contributed by atoms with Crippen LogP contribution in [0.25, 0.3) is 0 Å². The molecular weight excluding hydrogens is 377 g/mol. The Morgan fingerprint density at radius 2 is 2.00 bits per heavy atom. The zero-order chi connectivity index (χ0) is 20.8. The van der Waals surface area contributed by atoms with Gasteiger partial charge in [-0.2, -0.15) is 0 Å². The van der Waals surface area contributed by atoms with Gasteiger partial charge in [0.2, 0.25) is 12.5 Å². The second-order valence-electron chi connectivity index (χ2n) is 7.96. The van der Waals surface area contributed by atoms with E-state index in [-0.39, 0.29) is 30.6 Å². The molecule has 1 unspecified atom stereocenters. The number of rotatable bonds is 5. The number of Topliss-reactive ketones (excluding diaryl/α,β-unsaturated/α-hetero) is 1. The first-order chi connectivity index (χ1) is 13.9. The smallest absolute Gasteiger partial charge is 0.231 e. The van der Waals surface area contributed by atoms with Gasteiger partial charge in [-0.3, -0.25) is 4.79 Å². The van der Waals surface area contributed by atoms with E-state index in [9.17, 15) is 9.18 Å². The fourth-order valence-corrected chi connectivity index (χ4v) is 4.25. The Labute approximate surface area is 169 Å². The highest BCUT2D eigenvalue weighted by atomic mass is 19.1. The lowest BCUT2D eigenvalue weighted by Crippen LogP contribution is -2.48. The van der Waals surface area contributed by atoms with Crippen molar-refractivity contribution < 1.29 is 32.6 Å². The number of benzene rings is 2. The van der Waals surface area contributed by atoms with Gasteiger partial charge in [0, 0.05) is 12.5 Å². The lowest BCUT2D eigenvalue weighted by atomic mass is 9.86. The molecule has 7 heteroatoms. The molecule has 2 heterocycles. The topological polar surface area (TPSA) is 54.0 Å². The first kappa shape index (κ1) is 19.5. The van der Waals surface area contributed by atoms with Gasteiger partial charge < -0.3 is 23.4 Å². The van der Waals surface area contributed by atoms with Crippen molar-refractivity contribution in [1.82, 2.24) is 0 Å². The second kappa shape index (κ2) is 7.22. The highest BCUT2D eigenvalue weighted by Crippen LogP contribution is 2.51. The average Bonchev–Trinajstić information content (AvgIpc) is 3.16. The second-order valence-corrected chi connectivity index (χ2v) is 7.96. The number of nitrogens with zero attached hydrogens (tertiary/aromatic N) is 1. The number of carbonyl (C=O) groups excluding carboxylic acids is 1. The van der Waals surface area contributed by atoms with Crippen LogP contribution in [0, 0.1) is 5.82 Å². The van der Waals surface area contributed by atoms with Crippen LogP contribution < -0.4 is 18.9 Å². The Kier molecular flexibility index (Phi) is 4.86. The zero-order valence-corrected chi connectivity index (χ0v) is 17.1. The first-order valence-electron chi connectivity index (χ1n) is 9.54. The molecule has 0 fully saturated rings. The number of fused-ring (bicyclic) bond motifs is 2. The molecule has 0 spiro atoms. The fourth-order valence-electron chi connectivity index (χ4n) is 4.25. The zero-order valence-electron chi connectivity index (χ0n) is 17.1. The number of hydrogen-bond donors (Lipinski definition) is 0. The van der Waals surface area contributed by atoms with Crippen molar-refractivity contribution >= 4 is 5.78 Å². The molecule has 2 aromatic rings. The maximum Gasteiger partial charge on any atom is 0.231 e. The number of quaternary nitrogens is 1. The van der Waals surface area contributed by atoms with Gasteiger partial charge in [-0.15, -0.1) is 0 Å². The molecule has 0 amide bonds. The minimum Gasteiger partial charge on any atom is -0.497 e. The number of ketones is 1. The van der Waals surface area contributed by atoms with Crippen LogP contribution in [0.4, 0.5) is 4.39 Å². The summed E-state index contributed by atoms with van der Waals surface area (Å²) >= 11 is 0. The summed E-state index contributed by atoms with van der Waals surface area (Å²) in [4.78, 5) is 13.1. The Bertz CT molecular complexity index is 972. The van der Waals surface area contributed by atoms with Gasteiger partial charge in [-0.25, -0.2) is 4.39 Å². The molecule has 154 valence electrons. The monoisotopic (exact) mass is 402 g/mol. The van der Waals surface area contributed by atoms with E-state index in [0.717, 1.165) is 24.1 Å². The summed E-state index contributed by atoms with van der Waals surface area (Å²) in [5.41, 5.74) is 2.09. The third kappa shape index (κ3) is 3.29. The molecule has 6 nitrogen and oxygen atoms in total. The van der Waals surface area contributed by atoms with Crippen LogP contribution in [-0.2, 0) is 6.42 Å². The van der Waals surface area contributed by atoms with E-state index < -0.39 is 5.82 Å². The Hall–Kier alpha value is -2.80. The van der Waals surface area contributed by atoms with Crippen molar-refractivity contribution in [2.24, 2.45) is 0 Å². The number of carbonyl (C=O) groups is 1. The predicted octanol–water partition coefficient (Wildman–Crippen LogP) is 3.52. The van der Waals surface area contributed by atoms with Crippen LogP contribution in [0.1, 0.15) is 33.9 Å². The molecule has 0 aliphatic carbocycles. The summed E-state index contributed by atoms with van der Waals surface area (Å²) in [6.45, 7) is 0.992. The molecule has 0 N–H and O–H groups in total. The molecule has 2 aliphatic rings. The quantitative estimate of drug-likeness (QED) is 0.566. The Morgan fingerprint density at radius 3 is 2.69 bits per heavy atom. The van der Waals surface area contributed by atoms with Gasteiger partial charge in [0.25, 0.3) is 0 Å². The van der Waals surface area contributed by atoms with E-state index >= 15 is 0 Å². The predicted molar refractivity (Wildman–Crippen MR) is 104 cm³/mol. The van der Waals surface area contributed by atoms with Gasteiger partial charge in [-0.05, 0) is 23.8 Å². The standard InChI is InChI=1S/C22H25FNO5/c1-24(2)8-7-13-9-19-21(29-12-28-19)22(27-4)20(13)17(24)11-18(25)15-6-5-14(26-3)10-16(15)23/h5-6,9-10,17H,7-8,11-12H2,1-4H3/q+1. The van der Waals surface area contributed by atoms with Crippen molar-refractivity contribution in [3.8, 4) is 23.0 Å². The van der Waals surface area contributed by atoms with Crippen LogP contribution in [-0.4, -0.2) is 51.9 Å². The molecule has 0 aromatic heterocycles. The average molecular weight is 402 g/mol. The molecule has 0 bridgehead atoms. The lowest BCUT2D eigenvalue weighted by molar-refractivity contribution is -0.922. The van der Waals surface area contributed by atoms with E-state index in [2.05, 4.69) is 14.1 Å². The van der Waals surface area contributed by atoms with Crippen LogP contribution in [0.2, 0.25) is 0 Å². The summed E-state index contributed by atoms with van der Waals surface area (Å²) in [6.07, 6.45) is 0.982. The molecule has 1 atom stereocenters. The molecular formula is C22H25FNO5+. The minimum absolute atomic E-state index is 0.0673. The van der Waals surface area contributed by atoms with Crippen LogP contribution in [0.5, 0.6) is 23.0 Å². The van der Waals surface area contributed by atoms with E-state index in [1.165, 1.54) is 19.2 Å². The fraction of sp³-hybridized carbons (Fsp3) is 0.409. The summed E-state index contributed by atoms with van der Waals surface area (Å²) in [5.74, 6) is 1.39. The molecule has 2 aromatic carbocycles. The first-order valence-corrected chi connectivity index (χ1v) is 9.54. The highest BCUT2D eigenvalue weighted by molar-refractivity contribution is 5.97. The van der Waals surface area contributed by atoms with Crippen LogP contribution >= 0.6 is 0 Å². The van der Waals surface area contributed by atoms with Crippen molar-refractivity contribution in [3.05, 3.63) is 46.8 Å². The minimum atomic E-state index is -0.576. The van der Waals surface area contributed by atoms with Gasteiger partial charge in [0.05, 0.1) is 52.4 Å². The largest absolute Gasteiger partial charge is 0.497 e. The van der Waals surface area contributed by atoms with E-state index in [4.69, 9.17) is 18.9 Å².